The Kier molecular flexibility index (Phi) is 12.8. The molecule has 0 aliphatic heterocycles. The Hall–Kier alpha value is -4.61. The van der Waals surface area contributed by atoms with E-state index in [0.717, 1.165) is 48.4 Å². The predicted molar refractivity (Wildman–Crippen MR) is 192 cm³/mol. The first-order chi connectivity index (χ1) is 21.5. The summed E-state index contributed by atoms with van der Waals surface area (Å²) in [6, 6.07) is 10.3. The van der Waals surface area contributed by atoms with Crippen LogP contribution in [0.1, 0.15) is 61.6 Å². The molecule has 1 amide bonds. The van der Waals surface area contributed by atoms with Crippen molar-refractivity contribution in [2.45, 2.75) is 47.0 Å². The van der Waals surface area contributed by atoms with Crippen molar-refractivity contribution in [3.05, 3.63) is 83.2 Å². The van der Waals surface area contributed by atoms with Crippen LogP contribution in [0.3, 0.4) is 0 Å². The molecule has 0 saturated heterocycles. The first-order valence-corrected chi connectivity index (χ1v) is 15.5. The maximum atomic E-state index is 12.4. The summed E-state index contributed by atoms with van der Waals surface area (Å²) in [7, 11) is 7.92. The summed E-state index contributed by atoms with van der Waals surface area (Å²) in [6.45, 7) is 14.0. The molecule has 0 saturated carbocycles. The van der Waals surface area contributed by atoms with Crippen LogP contribution in [0.4, 0.5) is 28.7 Å². The van der Waals surface area contributed by atoms with Gasteiger partial charge in [-0.25, -0.2) is 9.97 Å². The standard InChI is InChI=1S/C37H49N7O/c1-11-27-24-39-37(42-36(27)29(12-2)30-19-15-18-28(26(30)6)17-14-16-25(4)5)41-32-22-33(40-35(45)13-3)34(23-31(32)38-7)44(10)21-20-43(8)9/h1,12-13,15,18-19,22-25,38H,3,14,16-17,20-21H2,2,4-10H3,(H,40,45)(H,39,41,42)/b29-12+. The number of carbonyl (C=O) groups is 1. The van der Waals surface area contributed by atoms with Crippen LogP contribution in [0.5, 0.6) is 0 Å². The molecule has 1 aromatic heterocycles. The predicted octanol–water partition coefficient (Wildman–Crippen LogP) is 7.10. The van der Waals surface area contributed by atoms with Gasteiger partial charge >= 0.3 is 0 Å². The number of amides is 1. The molecular formula is C37H49N7O. The van der Waals surface area contributed by atoms with Crippen molar-refractivity contribution in [1.29, 1.82) is 0 Å². The van der Waals surface area contributed by atoms with Gasteiger partial charge in [-0.3, -0.25) is 4.79 Å². The minimum atomic E-state index is -0.295. The number of aryl methyl sites for hydroxylation is 1. The van der Waals surface area contributed by atoms with Gasteiger partial charge < -0.3 is 25.8 Å². The number of terminal acetylenes is 1. The van der Waals surface area contributed by atoms with Crippen LogP contribution < -0.4 is 20.9 Å². The van der Waals surface area contributed by atoms with E-state index in [2.05, 4.69) is 88.3 Å². The monoisotopic (exact) mass is 607 g/mol. The number of benzene rings is 2. The molecule has 0 aliphatic rings. The molecule has 45 heavy (non-hydrogen) atoms. The van der Waals surface area contributed by atoms with Crippen molar-refractivity contribution in [2.24, 2.45) is 5.92 Å². The van der Waals surface area contributed by atoms with Gasteiger partial charge in [-0.05, 0) is 81.6 Å². The lowest BCUT2D eigenvalue weighted by molar-refractivity contribution is -0.111. The van der Waals surface area contributed by atoms with E-state index in [1.807, 2.05) is 47.2 Å². The highest BCUT2D eigenvalue weighted by atomic mass is 16.1. The number of carbonyl (C=O) groups excluding carboxylic acids is 1. The summed E-state index contributed by atoms with van der Waals surface area (Å²) in [4.78, 5) is 26.1. The third-order valence-electron chi connectivity index (χ3n) is 7.84. The molecule has 0 fully saturated rings. The van der Waals surface area contributed by atoms with Crippen molar-refractivity contribution in [3.63, 3.8) is 0 Å². The van der Waals surface area contributed by atoms with E-state index in [4.69, 9.17) is 11.4 Å². The number of allylic oxidation sites excluding steroid dienone is 1. The lowest BCUT2D eigenvalue weighted by Gasteiger charge is -2.26. The van der Waals surface area contributed by atoms with Gasteiger partial charge in [0, 0.05) is 39.0 Å². The van der Waals surface area contributed by atoms with E-state index in [1.165, 1.54) is 23.6 Å². The lowest BCUT2D eigenvalue weighted by atomic mass is 9.90. The molecule has 0 unspecified atom stereocenters. The van der Waals surface area contributed by atoms with Crippen molar-refractivity contribution in [1.82, 2.24) is 14.9 Å². The Morgan fingerprint density at radius 2 is 1.89 bits per heavy atom. The first kappa shape index (κ1) is 34.9. The second kappa shape index (κ2) is 16.5. The van der Waals surface area contributed by atoms with Crippen LogP contribution in [0.2, 0.25) is 0 Å². The van der Waals surface area contributed by atoms with E-state index in [-0.39, 0.29) is 5.91 Å². The molecule has 0 bridgehead atoms. The Balaban J connectivity index is 2.05. The topological polar surface area (TPSA) is 85.4 Å². The molecule has 0 aliphatic carbocycles. The second-order valence-corrected chi connectivity index (χ2v) is 11.9. The van der Waals surface area contributed by atoms with Crippen LogP contribution in [-0.4, -0.2) is 62.1 Å². The van der Waals surface area contributed by atoms with Gasteiger partial charge in [0.1, 0.15) is 0 Å². The molecule has 3 aromatic rings. The van der Waals surface area contributed by atoms with Crippen LogP contribution >= 0.6 is 0 Å². The fourth-order valence-corrected chi connectivity index (χ4v) is 5.21. The molecule has 3 rings (SSSR count). The maximum absolute atomic E-state index is 12.4. The molecule has 0 spiro atoms. The average molecular weight is 608 g/mol. The van der Waals surface area contributed by atoms with Crippen LogP contribution in [-0.2, 0) is 11.2 Å². The molecule has 8 nitrogen and oxygen atoms in total. The molecule has 0 radical (unpaired) electrons. The lowest BCUT2D eigenvalue weighted by Crippen LogP contribution is -2.29. The largest absolute Gasteiger partial charge is 0.386 e. The number of hydrogen-bond acceptors (Lipinski definition) is 7. The Morgan fingerprint density at radius 1 is 1.13 bits per heavy atom. The number of anilines is 5. The highest BCUT2D eigenvalue weighted by Gasteiger charge is 2.18. The van der Waals surface area contributed by atoms with E-state index < -0.39 is 0 Å². The SMILES string of the molecule is C#Cc1cnc(Nc2cc(NC(=O)C=C)c(N(C)CCN(C)C)cc2NC)nc1/C(=C/C)c1cccc(CCCC(C)C)c1C. The maximum Gasteiger partial charge on any atom is 0.247 e. The zero-order valence-electron chi connectivity index (χ0n) is 28.2. The fraction of sp³-hybridized carbons (Fsp3) is 0.378. The Morgan fingerprint density at radius 3 is 2.51 bits per heavy atom. The van der Waals surface area contributed by atoms with Crippen molar-refractivity contribution < 1.29 is 4.79 Å². The van der Waals surface area contributed by atoms with Crippen LogP contribution in [0, 0.1) is 25.2 Å². The van der Waals surface area contributed by atoms with Gasteiger partial charge in [0.25, 0.3) is 0 Å². The summed E-state index contributed by atoms with van der Waals surface area (Å²) in [5, 5.41) is 9.61. The zero-order chi connectivity index (χ0) is 33.1. The normalized spacial score (nSPS) is 11.4. The van der Waals surface area contributed by atoms with Gasteiger partial charge in [-0.2, -0.15) is 0 Å². The number of aromatic nitrogens is 2. The van der Waals surface area contributed by atoms with Crippen molar-refractivity contribution >= 4 is 40.2 Å². The third kappa shape index (κ3) is 9.19. The summed E-state index contributed by atoms with van der Waals surface area (Å²) in [6.07, 6.45) is 14.3. The highest BCUT2D eigenvalue weighted by Crippen LogP contribution is 2.37. The minimum absolute atomic E-state index is 0.295. The van der Waals surface area contributed by atoms with Gasteiger partial charge in [-0.1, -0.05) is 57.0 Å². The molecule has 8 heteroatoms. The average Bonchev–Trinajstić information content (AvgIpc) is 3.01. The van der Waals surface area contributed by atoms with E-state index in [9.17, 15) is 4.79 Å². The molecule has 238 valence electrons. The van der Waals surface area contributed by atoms with Crippen LogP contribution in [0.25, 0.3) is 5.57 Å². The van der Waals surface area contributed by atoms with Gasteiger partial charge in [0.05, 0.1) is 34.0 Å². The second-order valence-electron chi connectivity index (χ2n) is 11.9. The van der Waals surface area contributed by atoms with E-state index in [0.29, 0.717) is 34.5 Å². The smallest absolute Gasteiger partial charge is 0.247 e. The quantitative estimate of drug-likeness (QED) is 0.125. The molecule has 0 atom stereocenters. The van der Waals surface area contributed by atoms with E-state index in [1.54, 1.807) is 6.20 Å². The zero-order valence-corrected chi connectivity index (χ0v) is 28.2. The van der Waals surface area contributed by atoms with E-state index >= 15 is 0 Å². The van der Waals surface area contributed by atoms with Gasteiger partial charge in [0.2, 0.25) is 11.9 Å². The third-order valence-corrected chi connectivity index (χ3v) is 7.84. The number of hydrogen-bond donors (Lipinski definition) is 3. The van der Waals surface area contributed by atoms with Crippen molar-refractivity contribution in [3.8, 4) is 12.3 Å². The first-order valence-electron chi connectivity index (χ1n) is 15.5. The van der Waals surface area contributed by atoms with Crippen LogP contribution in [0.15, 0.2) is 55.3 Å². The molecule has 1 heterocycles. The van der Waals surface area contributed by atoms with Gasteiger partial charge in [-0.15, -0.1) is 6.42 Å². The van der Waals surface area contributed by atoms with Crippen molar-refractivity contribution in [2.75, 3.05) is 62.1 Å². The number of nitrogens with zero attached hydrogens (tertiary/aromatic N) is 4. The number of rotatable bonds is 15. The van der Waals surface area contributed by atoms with Gasteiger partial charge in [0.15, 0.2) is 0 Å². The molecule has 3 N–H and O–H groups in total. The summed E-state index contributed by atoms with van der Waals surface area (Å²) in [5.74, 6) is 3.56. The summed E-state index contributed by atoms with van der Waals surface area (Å²) in [5.41, 5.74) is 8.97. The summed E-state index contributed by atoms with van der Waals surface area (Å²) < 4.78 is 0. The Bertz CT molecular complexity index is 1570. The highest BCUT2D eigenvalue weighted by molar-refractivity contribution is 6.02. The number of likely N-dealkylation sites (N-methyl/N-ethyl adjacent to an activating group) is 2. The molecular weight excluding hydrogens is 558 g/mol. The number of nitrogens with one attached hydrogen (secondary N) is 3. The fourth-order valence-electron chi connectivity index (χ4n) is 5.21. The Labute approximate surface area is 270 Å². The minimum Gasteiger partial charge on any atom is -0.386 e. The molecule has 2 aromatic carbocycles. The summed E-state index contributed by atoms with van der Waals surface area (Å²) >= 11 is 0.